The Morgan fingerprint density at radius 2 is 2.00 bits per heavy atom. The van der Waals surface area contributed by atoms with Crippen molar-refractivity contribution in [1.29, 1.82) is 0 Å². The standard InChI is InChI=1S/C21H26N2O3/c1-16-5-10-20-19(13-16)23(11-4-12-26-20)15-21(24)22(2)14-17-6-8-18(25-3)9-7-17/h5-10,13H,4,11-12,14-15H2,1-3H3. The van der Waals surface area contributed by atoms with Gasteiger partial charge in [-0.2, -0.15) is 0 Å². The van der Waals surface area contributed by atoms with Crippen molar-refractivity contribution in [2.75, 3.05) is 38.8 Å². The van der Waals surface area contributed by atoms with Gasteiger partial charge in [-0.05, 0) is 48.7 Å². The van der Waals surface area contributed by atoms with Gasteiger partial charge < -0.3 is 19.3 Å². The maximum absolute atomic E-state index is 12.8. The predicted octanol–water partition coefficient (Wildman–Crippen LogP) is 3.25. The molecule has 0 bridgehead atoms. The van der Waals surface area contributed by atoms with Gasteiger partial charge in [0.25, 0.3) is 0 Å². The number of hydrogen-bond donors (Lipinski definition) is 0. The summed E-state index contributed by atoms with van der Waals surface area (Å²) in [5.41, 5.74) is 3.25. The lowest BCUT2D eigenvalue weighted by Gasteiger charge is -2.26. The highest BCUT2D eigenvalue weighted by Gasteiger charge is 2.20. The number of amides is 1. The van der Waals surface area contributed by atoms with E-state index in [9.17, 15) is 4.79 Å². The lowest BCUT2D eigenvalue weighted by atomic mass is 10.2. The number of anilines is 1. The Labute approximate surface area is 155 Å². The third-order valence-corrected chi connectivity index (χ3v) is 4.62. The largest absolute Gasteiger partial charge is 0.497 e. The number of aryl methyl sites for hydroxylation is 1. The molecule has 0 radical (unpaired) electrons. The molecule has 0 atom stereocenters. The Morgan fingerprint density at radius 1 is 1.23 bits per heavy atom. The van der Waals surface area contributed by atoms with Gasteiger partial charge >= 0.3 is 0 Å². The molecule has 1 heterocycles. The van der Waals surface area contributed by atoms with Crippen LogP contribution < -0.4 is 14.4 Å². The van der Waals surface area contributed by atoms with E-state index in [-0.39, 0.29) is 5.91 Å². The van der Waals surface area contributed by atoms with E-state index >= 15 is 0 Å². The maximum atomic E-state index is 12.8. The average Bonchev–Trinajstić information content (AvgIpc) is 2.84. The first-order valence-electron chi connectivity index (χ1n) is 8.92. The molecule has 0 aromatic heterocycles. The molecule has 2 aromatic rings. The van der Waals surface area contributed by atoms with E-state index in [1.165, 1.54) is 5.56 Å². The van der Waals surface area contributed by atoms with Crippen LogP contribution in [-0.4, -0.2) is 44.7 Å². The number of fused-ring (bicyclic) bond motifs is 1. The van der Waals surface area contributed by atoms with E-state index in [0.717, 1.165) is 35.7 Å². The molecule has 0 saturated heterocycles. The monoisotopic (exact) mass is 354 g/mol. The van der Waals surface area contributed by atoms with Crippen molar-refractivity contribution >= 4 is 11.6 Å². The number of carbonyl (C=O) groups excluding carboxylic acids is 1. The summed E-state index contributed by atoms with van der Waals surface area (Å²) in [5.74, 6) is 1.77. The zero-order chi connectivity index (χ0) is 18.5. The Morgan fingerprint density at radius 3 is 2.73 bits per heavy atom. The molecule has 1 aliphatic heterocycles. The highest BCUT2D eigenvalue weighted by molar-refractivity contribution is 5.82. The highest BCUT2D eigenvalue weighted by atomic mass is 16.5. The quantitative estimate of drug-likeness (QED) is 0.827. The number of carbonyl (C=O) groups is 1. The summed E-state index contributed by atoms with van der Waals surface area (Å²) in [6.07, 6.45) is 0.906. The van der Waals surface area contributed by atoms with Gasteiger partial charge in [0.2, 0.25) is 5.91 Å². The van der Waals surface area contributed by atoms with Crippen molar-refractivity contribution in [3.05, 3.63) is 53.6 Å². The normalized spacial score (nSPS) is 13.4. The van der Waals surface area contributed by atoms with Gasteiger partial charge in [0, 0.05) is 20.1 Å². The summed E-state index contributed by atoms with van der Waals surface area (Å²) in [6.45, 7) is 4.49. The molecule has 2 aromatic carbocycles. The molecule has 0 saturated carbocycles. The summed E-state index contributed by atoms with van der Waals surface area (Å²) < 4.78 is 11.0. The van der Waals surface area contributed by atoms with Gasteiger partial charge in [-0.15, -0.1) is 0 Å². The predicted molar refractivity (Wildman–Crippen MR) is 103 cm³/mol. The van der Waals surface area contributed by atoms with E-state index in [1.807, 2.05) is 43.4 Å². The van der Waals surface area contributed by atoms with Crippen molar-refractivity contribution in [2.45, 2.75) is 19.9 Å². The van der Waals surface area contributed by atoms with Crippen molar-refractivity contribution in [1.82, 2.24) is 4.90 Å². The van der Waals surface area contributed by atoms with E-state index in [1.54, 1.807) is 12.0 Å². The second-order valence-corrected chi connectivity index (χ2v) is 6.69. The van der Waals surface area contributed by atoms with E-state index in [0.29, 0.717) is 19.7 Å². The first kappa shape index (κ1) is 18.1. The number of benzene rings is 2. The van der Waals surface area contributed by atoms with E-state index < -0.39 is 0 Å². The van der Waals surface area contributed by atoms with E-state index in [4.69, 9.17) is 9.47 Å². The minimum atomic E-state index is 0.0928. The van der Waals surface area contributed by atoms with Crippen molar-refractivity contribution < 1.29 is 14.3 Å². The molecule has 26 heavy (non-hydrogen) atoms. The Bertz CT molecular complexity index is 758. The first-order chi connectivity index (χ1) is 12.6. The van der Waals surface area contributed by atoms with Gasteiger partial charge in [-0.25, -0.2) is 0 Å². The molecule has 138 valence electrons. The van der Waals surface area contributed by atoms with Gasteiger partial charge in [0.05, 0.1) is 25.9 Å². The van der Waals surface area contributed by atoms with Crippen molar-refractivity contribution in [3.8, 4) is 11.5 Å². The molecule has 0 N–H and O–H groups in total. The maximum Gasteiger partial charge on any atom is 0.242 e. The topological polar surface area (TPSA) is 42.0 Å². The van der Waals surface area contributed by atoms with Gasteiger partial charge in [0.1, 0.15) is 11.5 Å². The van der Waals surface area contributed by atoms with Crippen LogP contribution in [0.3, 0.4) is 0 Å². The molecule has 0 aliphatic carbocycles. The third-order valence-electron chi connectivity index (χ3n) is 4.62. The van der Waals surface area contributed by atoms with Crippen LogP contribution in [0.5, 0.6) is 11.5 Å². The highest BCUT2D eigenvalue weighted by Crippen LogP contribution is 2.31. The minimum Gasteiger partial charge on any atom is -0.497 e. The number of likely N-dealkylation sites (N-methyl/N-ethyl adjacent to an activating group) is 1. The second kappa shape index (κ2) is 8.13. The molecular weight excluding hydrogens is 328 g/mol. The molecule has 5 nitrogen and oxygen atoms in total. The first-order valence-corrected chi connectivity index (χ1v) is 8.92. The Kier molecular flexibility index (Phi) is 5.66. The number of hydrogen-bond acceptors (Lipinski definition) is 4. The zero-order valence-electron chi connectivity index (χ0n) is 15.7. The van der Waals surface area contributed by atoms with Crippen LogP contribution >= 0.6 is 0 Å². The molecule has 3 rings (SSSR count). The lowest BCUT2D eigenvalue weighted by Crippen LogP contribution is -2.38. The van der Waals surface area contributed by atoms with Crippen LogP contribution in [-0.2, 0) is 11.3 Å². The smallest absolute Gasteiger partial charge is 0.242 e. The Balaban J connectivity index is 1.67. The fourth-order valence-corrected chi connectivity index (χ4v) is 3.10. The summed E-state index contributed by atoms with van der Waals surface area (Å²) in [4.78, 5) is 16.7. The second-order valence-electron chi connectivity index (χ2n) is 6.69. The van der Waals surface area contributed by atoms with E-state index in [2.05, 4.69) is 17.9 Å². The molecule has 1 aliphatic rings. The van der Waals surface area contributed by atoms with Crippen molar-refractivity contribution in [3.63, 3.8) is 0 Å². The van der Waals surface area contributed by atoms with Crippen LogP contribution in [0, 0.1) is 6.92 Å². The lowest BCUT2D eigenvalue weighted by molar-refractivity contribution is -0.128. The molecule has 0 unspecified atom stereocenters. The number of ether oxygens (including phenoxy) is 2. The summed E-state index contributed by atoms with van der Waals surface area (Å²) in [5, 5.41) is 0. The summed E-state index contributed by atoms with van der Waals surface area (Å²) in [6, 6.07) is 13.9. The summed E-state index contributed by atoms with van der Waals surface area (Å²) >= 11 is 0. The van der Waals surface area contributed by atoms with Gasteiger partial charge in [-0.1, -0.05) is 18.2 Å². The average molecular weight is 354 g/mol. The van der Waals surface area contributed by atoms with Gasteiger partial charge in [-0.3, -0.25) is 4.79 Å². The van der Waals surface area contributed by atoms with Crippen LogP contribution in [0.4, 0.5) is 5.69 Å². The van der Waals surface area contributed by atoms with Crippen LogP contribution in [0.2, 0.25) is 0 Å². The zero-order valence-corrected chi connectivity index (χ0v) is 15.7. The van der Waals surface area contributed by atoms with Crippen molar-refractivity contribution in [2.24, 2.45) is 0 Å². The fourth-order valence-electron chi connectivity index (χ4n) is 3.10. The van der Waals surface area contributed by atoms with Gasteiger partial charge in [0.15, 0.2) is 0 Å². The van der Waals surface area contributed by atoms with Crippen LogP contribution in [0.15, 0.2) is 42.5 Å². The number of methoxy groups -OCH3 is 1. The number of nitrogens with zero attached hydrogens (tertiary/aromatic N) is 2. The third kappa shape index (κ3) is 4.28. The number of rotatable bonds is 5. The molecular formula is C21H26N2O3. The fraction of sp³-hybridized carbons (Fsp3) is 0.381. The Hall–Kier alpha value is -2.69. The summed E-state index contributed by atoms with van der Waals surface area (Å²) in [7, 11) is 3.49. The molecule has 0 fully saturated rings. The minimum absolute atomic E-state index is 0.0928. The SMILES string of the molecule is COc1ccc(CN(C)C(=O)CN2CCCOc3ccc(C)cc32)cc1. The molecule has 0 spiro atoms. The molecule has 5 heteroatoms. The van der Waals surface area contributed by atoms with Crippen LogP contribution in [0.25, 0.3) is 0 Å². The molecule has 1 amide bonds. The van der Waals surface area contributed by atoms with Crippen LogP contribution in [0.1, 0.15) is 17.5 Å².